The molecule has 0 amide bonds. The molecule has 2 aromatic rings. The van der Waals surface area contributed by atoms with Crippen molar-refractivity contribution in [3.8, 4) is 5.75 Å². The van der Waals surface area contributed by atoms with Gasteiger partial charge in [-0.3, -0.25) is 4.31 Å². The number of anilines is 1. The maximum atomic E-state index is 13.2. The quantitative estimate of drug-likeness (QED) is 0.463. The van der Waals surface area contributed by atoms with Crippen molar-refractivity contribution in [3.63, 3.8) is 0 Å². The summed E-state index contributed by atoms with van der Waals surface area (Å²) in [6.07, 6.45) is 0. The SMILES string of the molecule is Cc1ccc(S(=O)(=O)N2c3cc(Br)ccc3OCC2CI)cc1. The zero-order chi connectivity index (χ0) is 16.6. The zero-order valence-electron chi connectivity index (χ0n) is 12.4. The van der Waals surface area contributed by atoms with Gasteiger partial charge in [-0.1, -0.05) is 56.2 Å². The number of rotatable bonds is 3. The van der Waals surface area contributed by atoms with Crippen LogP contribution in [-0.4, -0.2) is 25.5 Å². The molecule has 0 radical (unpaired) electrons. The molecule has 1 heterocycles. The Morgan fingerprint density at radius 2 is 1.96 bits per heavy atom. The second kappa shape index (κ2) is 6.60. The highest BCUT2D eigenvalue weighted by Gasteiger charge is 2.36. The van der Waals surface area contributed by atoms with Crippen LogP contribution in [0, 0.1) is 6.92 Å². The highest BCUT2D eigenvalue weighted by molar-refractivity contribution is 14.1. The number of aryl methyl sites for hydroxylation is 1. The summed E-state index contributed by atoms with van der Waals surface area (Å²) in [4.78, 5) is 0.297. The predicted molar refractivity (Wildman–Crippen MR) is 103 cm³/mol. The van der Waals surface area contributed by atoms with Gasteiger partial charge in [0.15, 0.2) is 0 Å². The minimum Gasteiger partial charge on any atom is -0.489 e. The van der Waals surface area contributed by atoms with Crippen LogP contribution in [-0.2, 0) is 10.0 Å². The minimum absolute atomic E-state index is 0.233. The molecule has 0 spiro atoms. The average Bonchev–Trinajstić information content (AvgIpc) is 2.53. The van der Waals surface area contributed by atoms with Crippen molar-refractivity contribution in [1.29, 1.82) is 0 Å². The first kappa shape index (κ1) is 17.0. The molecule has 0 bridgehead atoms. The van der Waals surface area contributed by atoms with Crippen molar-refractivity contribution in [1.82, 2.24) is 0 Å². The monoisotopic (exact) mass is 507 g/mol. The minimum atomic E-state index is -3.64. The molecule has 0 saturated carbocycles. The Morgan fingerprint density at radius 3 is 2.61 bits per heavy atom. The molecule has 23 heavy (non-hydrogen) atoms. The number of hydrogen-bond acceptors (Lipinski definition) is 3. The lowest BCUT2D eigenvalue weighted by molar-refractivity contribution is 0.284. The largest absolute Gasteiger partial charge is 0.489 e. The molecule has 0 fully saturated rings. The highest BCUT2D eigenvalue weighted by Crippen LogP contribution is 2.39. The first-order valence-electron chi connectivity index (χ1n) is 7.03. The Hall–Kier alpha value is -0.800. The number of alkyl halides is 1. The van der Waals surface area contributed by atoms with Crippen molar-refractivity contribution in [2.75, 3.05) is 15.3 Å². The molecule has 4 nitrogen and oxygen atoms in total. The van der Waals surface area contributed by atoms with Crippen LogP contribution in [0.3, 0.4) is 0 Å². The summed E-state index contributed by atoms with van der Waals surface area (Å²) in [6, 6.07) is 12.1. The summed E-state index contributed by atoms with van der Waals surface area (Å²) >= 11 is 5.61. The molecule has 0 aliphatic carbocycles. The topological polar surface area (TPSA) is 46.6 Å². The van der Waals surface area contributed by atoms with Crippen LogP contribution in [0.4, 0.5) is 5.69 Å². The van der Waals surface area contributed by atoms with E-state index in [1.807, 2.05) is 25.1 Å². The van der Waals surface area contributed by atoms with E-state index in [2.05, 4.69) is 38.5 Å². The standard InChI is InChI=1S/C16H15BrINO3S/c1-11-2-5-14(6-3-11)23(20,21)19-13(9-18)10-22-16-7-4-12(17)8-15(16)19/h2-8,13H,9-10H2,1H3. The van der Waals surface area contributed by atoms with Crippen molar-refractivity contribution >= 4 is 54.2 Å². The highest BCUT2D eigenvalue weighted by atomic mass is 127. The molecule has 7 heteroatoms. The van der Waals surface area contributed by atoms with E-state index in [1.165, 1.54) is 4.31 Å². The van der Waals surface area contributed by atoms with Gasteiger partial charge in [0.2, 0.25) is 0 Å². The summed E-state index contributed by atoms with van der Waals surface area (Å²) in [5.74, 6) is 0.588. The molecule has 0 N–H and O–H groups in total. The molecule has 0 aromatic heterocycles. The molecule has 1 unspecified atom stereocenters. The lowest BCUT2D eigenvalue weighted by atomic mass is 10.2. The molecular formula is C16H15BrINO3S. The second-order valence-electron chi connectivity index (χ2n) is 5.35. The van der Waals surface area contributed by atoms with E-state index < -0.39 is 10.0 Å². The van der Waals surface area contributed by atoms with Gasteiger partial charge in [0.1, 0.15) is 12.4 Å². The molecule has 1 atom stereocenters. The van der Waals surface area contributed by atoms with Crippen molar-refractivity contribution in [2.24, 2.45) is 0 Å². The van der Waals surface area contributed by atoms with E-state index in [-0.39, 0.29) is 6.04 Å². The van der Waals surface area contributed by atoms with Gasteiger partial charge in [-0.25, -0.2) is 8.42 Å². The smallest absolute Gasteiger partial charge is 0.264 e. The van der Waals surface area contributed by atoms with Crippen LogP contribution in [0.25, 0.3) is 0 Å². The van der Waals surface area contributed by atoms with Gasteiger partial charge in [-0.15, -0.1) is 0 Å². The van der Waals surface area contributed by atoms with Crippen LogP contribution in [0.5, 0.6) is 5.75 Å². The van der Waals surface area contributed by atoms with E-state index in [4.69, 9.17) is 4.74 Å². The fourth-order valence-corrected chi connectivity index (χ4v) is 5.39. The fourth-order valence-electron chi connectivity index (χ4n) is 2.49. The normalized spacial score (nSPS) is 17.5. The Labute approximate surface area is 158 Å². The number of fused-ring (bicyclic) bond motifs is 1. The number of nitrogens with zero attached hydrogens (tertiary/aromatic N) is 1. The third-order valence-corrected chi connectivity index (χ3v) is 7.07. The van der Waals surface area contributed by atoms with Gasteiger partial charge in [-0.05, 0) is 37.3 Å². The lowest BCUT2D eigenvalue weighted by Gasteiger charge is -2.36. The Morgan fingerprint density at radius 1 is 1.26 bits per heavy atom. The summed E-state index contributed by atoms with van der Waals surface area (Å²) in [6.45, 7) is 2.29. The summed E-state index contributed by atoms with van der Waals surface area (Å²) in [5, 5.41) is 0. The van der Waals surface area contributed by atoms with Crippen LogP contribution >= 0.6 is 38.5 Å². The molecule has 0 saturated heterocycles. The van der Waals surface area contributed by atoms with Gasteiger partial charge < -0.3 is 4.74 Å². The second-order valence-corrected chi connectivity index (χ2v) is 8.96. The van der Waals surface area contributed by atoms with Gasteiger partial charge in [0.25, 0.3) is 10.0 Å². The van der Waals surface area contributed by atoms with E-state index in [0.717, 1.165) is 10.0 Å². The fraction of sp³-hybridized carbons (Fsp3) is 0.250. The van der Waals surface area contributed by atoms with Gasteiger partial charge in [0.05, 0.1) is 16.6 Å². The maximum Gasteiger partial charge on any atom is 0.264 e. The van der Waals surface area contributed by atoms with E-state index in [1.54, 1.807) is 24.3 Å². The van der Waals surface area contributed by atoms with Gasteiger partial charge >= 0.3 is 0 Å². The lowest BCUT2D eigenvalue weighted by Crippen LogP contribution is -2.47. The van der Waals surface area contributed by atoms with Gasteiger partial charge in [-0.2, -0.15) is 0 Å². The Balaban J connectivity index is 2.15. The van der Waals surface area contributed by atoms with Crippen LogP contribution in [0.2, 0.25) is 0 Å². The molecule has 2 aromatic carbocycles. The third-order valence-electron chi connectivity index (χ3n) is 3.68. The van der Waals surface area contributed by atoms with E-state index in [9.17, 15) is 8.42 Å². The van der Waals surface area contributed by atoms with Crippen molar-refractivity contribution in [3.05, 3.63) is 52.5 Å². The molecule has 1 aliphatic rings. The van der Waals surface area contributed by atoms with Crippen LogP contribution in [0.15, 0.2) is 51.8 Å². The summed E-state index contributed by atoms with van der Waals surface area (Å²) < 4.78 is 35.1. The van der Waals surface area contributed by atoms with Crippen LogP contribution in [0.1, 0.15) is 5.56 Å². The van der Waals surface area contributed by atoms with Crippen molar-refractivity contribution < 1.29 is 13.2 Å². The Kier molecular flexibility index (Phi) is 4.89. The number of halogens is 2. The number of hydrogen-bond donors (Lipinski definition) is 0. The zero-order valence-corrected chi connectivity index (χ0v) is 16.9. The summed E-state index contributed by atoms with van der Waals surface area (Å²) in [5.41, 5.74) is 1.60. The third kappa shape index (κ3) is 3.23. The van der Waals surface area contributed by atoms with Crippen LogP contribution < -0.4 is 9.04 Å². The maximum absolute atomic E-state index is 13.2. The van der Waals surface area contributed by atoms with E-state index in [0.29, 0.717) is 27.4 Å². The molecule has 122 valence electrons. The van der Waals surface area contributed by atoms with E-state index >= 15 is 0 Å². The number of benzene rings is 2. The Bertz CT molecular complexity index is 824. The number of sulfonamides is 1. The first-order valence-corrected chi connectivity index (χ1v) is 10.8. The molecular weight excluding hydrogens is 493 g/mol. The average molecular weight is 508 g/mol. The van der Waals surface area contributed by atoms with Crippen molar-refractivity contribution in [2.45, 2.75) is 17.9 Å². The predicted octanol–water partition coefficient (Wildman–Crippen LogP) is 4.15. The summed E-state index contributed by atoms with van der Waals surface area (Å²) in [7, 11) is -3.64. The first-order chi connectivity index (χ1) is 10.9. The number of ether oxygens (including phenoxy) is 1. The molecule has 1 aliphatic heterocycles. The molecule has 3 rings (SSSR count). The van der Waals surface area contributed by atoms with Gasteiger partial charge in [0, 0.05) is 8.90 Å².